The molecule has 2 heterocycles. The van der Waals surface area contributed by atoms with Crippen molar-refractivity contribution in [2.75, 3.05) is 13.1 Å². The Balaban J connectivity index is 1.37. The quantitative estimate of drug-likeness (QED) is 0.219. The highest BCUT2D eigenvalue weighted by atomic mass is 35.5. The smallest absolute Gasteiger partial charge is 0.305 e. The van der Waals surface area contributed by atoms with Gasteiger partial charge >= 0.3 is 5.97 Å². The molecular weight excluding hydrogens is 530 g/mol. The van der Waals surface area contributed by atoms with E-state index in [4.69, 9.17) is 11.6 Å². The number of hydrogen-bond donors (Lipinski definition) is 2. The van der Waals surface area contributed by atoms with Crippen LogP contribution in [0.25, 0.3) is 16.2 Å². The molecule has 0 spiro atoms. The average molecular weight is 556 g/mol. The number of fused-ring (bicyclic) bond motifs is 1. The fourth-order valence-electron chi connectivity index (χ4n) is 4.56. The first-order valence-corrected chi connectivity index (χ1v) is 13.3. The van der Waals surface area contributed by atoms with E-state index >= 15 is 0 Å². The van der Waals surface area contributed by atoms with Crippen LogP contribution in [-0.4, -0.2) is 45.8 Å². The Hall–Kier alpha value is -3.76. The van der Waals surface area contributed by atoms with Crippen LogP contribution in [0.2, 0.25) is 5.02 Å². The number of carboxylic acids is 1. The second kappa shape index (κ2) is 11.7. The molecule has 1 fully saturated rings. The van der Waals surface area contributed by atoms with Crippen molar-refractivity contribution >= 4 is 62.6 Å². The lowest BCUT2D eigenvalue weighted by atomic mass is 9.94. The lowest BCUT2D eigenvalue weighted by molar-refractivity contribution is -0.384. The molecule has 38 heavy (non-hydrogen) atoms. The Morgan fingerprint density at radius 1 is 1.26 bits per heavy atom. The summed E-state index contributed by atoms with van der Waals surface area (Å²) in [6.45, 7) is 2.68. The Labute approximate surface area is 227 Å². The predicted molar refractivity (Wildman–Crippen MR) is 146 cm³/mol. The van der Waals surface area contributed by atoms with E-state index in [0.717, 1.165) is 21.2 Å². The topological polar surface area (TPSA) is 130 Å². The number of thiophene rings is 1. The van der Waals surface area contributed by atoms with Gasteiger partial charge in [0.25, 0.3) is 5.69 Å². The molecule has 2 N–H and O–H groups in total. The first-order valence-electron chi connectivity index (χ1n) is 12.0. The summed E-state index contributed by atoms with van der Waals surface area (Å²) in [6, 6.07) is 8.67. The van der Waals surface area contributed by atoms with Crippen LogP contribution in [0.1, 0.15) is 42.0 Å². The highest BCUT2D eigenvalue weighted by Gasteiger charge is 2.29. The first kappa shape index (κ1) is 27.3. The maximum atomic E-state index is 13.0. The van der Waals surface area contributed by atoms with Crippen molar-refractivity contribution in [3.8, 4) is 0 Å². The van der Waals surface area contributed by atoms with E-state index < -0.39 is 29.3 Å². The van der Waals surface area contributed by atoms with Gasteiger partial charge in [-0.25, -0.2) is 0 Å². The summed E-state index contributed by atoms with van der Waals surface area (Å²) in [7, 11) is 0. The largest absolute Gasteiger partial charge is 0.481 e. The lowest BCUT2D eigenvalue weighted by Gasteiger charge is -2.31. The Bertz CT molecular complexity index is 1430. The summed E-state index contributed by atoms with van der Waals surface area (Å²) in [6.07, 6.45) is 3.71. The molecule has 0 bridgehead atoms. The first-order chi connectivity index (χ1) is 18.1. The molecule has 1 aliphatic heterocycles. The number of likely N-dealkylation sites (tertiary alicyclic amines) is 1. The number of nitro groups is 1. The number of benzene rings is 2. The zero-order chi connectivity index (χ0) is 27.4. The minimum Gasteiger partial charge on any atom is -0.481 e. The van der Waals surface area contributed by atoms with Gasteiger partial charge in [0, 0.05) is 37.2 Å². The third-order valence-electron chi connectivity index (χ3n) is 6.73. The van der Waals surface area contributed by atoms with Crippen molar-refractivity contribution in [3.05, 3.63) is 79.7 Å². The molecule has 198 valence electrons. The second-order valence-corrected chi connectivity index (χ2v) is 10.5. The van der Waals surface area contributed by atoms with Crippen LogP contribution in [0, 0.1) is 23.0 Å². The van der Waals surface area contributed by atoms with Crippen molar-refractivity contribution in [1.29, 1.82) is 0 Å². The van der Waals surface area contributed by atoms with E-state index in [1.165, 1.54) is 24.3 Å². The van der Waals surface area contributed by atoms with Crippen LogP contribution in [-0.2, 0) is 14.4 Å². The van der Waals surface area contributed by atoms with Gasteiger partial charge in [0.2, 0.25) is 11.8 Å². The second-order valence-electron chi connectivity index (χ2n) is 9.19. The summed E-state index contributed by atoms with van der Waals surface area (Å²) in [4.78, 5) is 49.4. The van der Waals surface area contributed by atoms with Crippen LogP contribution in [0.4, 0.5) is 5.69 Å². The molecule has 1 atom stereocenters. The summed E-state index contributed by atoms with van der Waals surface area (Å²) in [5, 5.41) is 26.8. The van der Waals surface area contributed by atoms with Gasteiger partial charge in [0.1, 0.15) is 0 Å². The van der Waals surface area contributed by atoms with Gasteiger partial charge in [-0.2, -0.15) is 0 Å². The molecule has 0 aliphatic carbocycles. The summed E-state index contributed by atoms with van der Waals surface area (Å²) < 4.78 is 1.02. The molecule has 1 aliphatic rings. The van der Waals surface area contributed by atoms with Crippen LogP contribution < -0.4 is 5.32 Å². The number of hydrogen-bond acceptors (Lipinski definition) is 6. The number of non-ortho nitro benzene ring substituents is 1. The SMILES string of the molecule is Cc1c(/C=C/C(=O)N2CCC(C(=O)N[C@H](CC(=O)O)c3cccc([N+](=O)[O-])c3)CC2)cc2ccsc2c1Cl. The standard InChI is InChI=1S/C27H26ClN3O6S/c1-16-18(13-20-9-12-38-26(20)25(16)28)5-6-23(32)30-10-7-17(8-11-30)27(35)29-22(15-24(33)34)19-3-2-4-21(14-19)31(36)37/h2-6,9,12-14,17,22H,7-8,10-11,15H2,1H3,(H,29,35)(H,33,34)/b6-5+/t22-/m1/s1. The van der Waals surface area contributed by atoms with Crippen molar-refractivity contribution in [2.24, 2.45) is 5.92 Å². The average Bonchev–Trinajstić information content (AvgIpc) is 3.38. The maximum absolute atomic E-state index is 13.0. The highest BCUT2D eigenvalue weighted by Crippen LogP contribution is 2.34. The fourth-order valence-corrected chi connectivity index (χ4v) is 5.78. The van der Waals surface area contributed by atoms with Crippen LogP contribution in [0.3, 0.4) is 0 Å². The van der Waals surface area contributed by atoms with E-state index in [0.29, 0.717) is 36.5 Å². The van der Waals surface area contributed by atoms with E-state index in [-0.39, 0.29) is 17.5 Å². The normalized spacial score (nSPS) is 15.1. The number of nitrogens with zero attached hydrogens (tertiary/aromatic N) is 2. The van der Waals surface area contributed by atoms with Crippen molar-refractivity contribution < 1.29 is 24.4 Å². The van der Waals surface area contributed by atoms with Crippen LogP contribution >= 0.6 is 22.9 Å². The van der Waals surface area contributed by atoms with Gasteiger partial charge < -0.3 is 15.3 Å². The Morgan fingerprint density at radius 3 is 2.68 bits per heavy atom. The number of aliphatic carboxylic acids is 1. The lowest BCUT2D eigenvalue weighted by Crippen LogP contribution is -2.43. The number of carboxylic acid groups (broad SMARTS) is 1. The fraction of sp³-hybridized carbons (Fsp3) is 0.296. The van der Waals surface area contributed by atoms with Gasteiger partial charge in [0.15, 0.2) is 0 Å². The van der Waals surface area contributed by atoms with Crippen molar-refractivity contribution in [2.45, 2.75) is 32.2 Å². The molecule has 3 aromatic rings. The Kier molecular flexibility index (Phi) is 8.43. The molecule has 1 aromatic heterocycles. The predicted octanol–water partition coefficient (Wildman–Crippen LogP) is 5.36. The van der Waals surface area contributed by atoms with Gasteiger partial charge in [-0.15, -0.1) is 11.3 Å². The van der Waals surface area contributed by atoms with Crippen molar-refractivity contribution in [1.82, 2.24) is 10.2 Å². The molecule has 11 heteroatoms. The molecular formula is C27H26ClN3O6S. The summed E-state index contributed by atoms with van der Waals surface area (Å²) >= 11 is 8.06. The van der Waals surface area contributed by atoms with Crippen LogP contribution in [0.15, 0.2) is 47.9 Å². The molecule has 2 amide bonds. The zero-order valence-corrected chi connectivity index (χ0v) is 22.1. The number of nitro benzene ring substituents is 1. The minimum atomic E-state index is -1.14. The third kappa shape index (κ3) is 6.20. The van der Waals surface area contributed by atoms with Crippen LogP contribution in [0.5, 0.6) is 0 Å². The highest BCUT2D eigenvalue weighted by molar-refractivity contribution is 7.17. The number of rotatable bonds is 8. The summed E-state index contributed by atoms with van der Waals surface area (Å²) in [5.41, 5.74) is 1.94. The van der Waals surface area contributed by atoms with Gasteiger partial charge in [-0.1, -0.05) is 23.7 Å². The zero-order valence-electron chi connectivity index (χ0n) is 20.6. The number of amides is 2. The van der Waals surface area contributed by atoms with Gasteiger partial charge in [0.05, 0.1) is 27.1 Å². The number of nitrogens with one attached hydrogen (secondary N) is 1. The maximum Gasteiger partial charge on any atom is 0.305 e. The molecule has 0 radical (unpaired) electrons. The van der Waals surface area contributed by atoms with E-state index in [2.05, 4.69) is 5.32 Å². The van der Waals surface area contributed by atoms with Gasteiger partial charge in [-0.3, -0.25) is 24.5 Å². The van der Waals surface area contributed by atoms with Gasteiger partial charge in [-0.05, 0) is 65.4 Å². The van der Waals surface area contributed by atoms with Crippen molar-refractivity contribution in [3.63, 3.8) is 0 Å². The monoisotopic (exact) mass is 555 g/mol. The molecule has 0 unspecified atom stereocenters. The summed E-state index contributed by atoms with van der Waals surface area (Å²) in [5.74, 6) is -2.03. The number of piperidine rings is 1. The molecule has 9 nitrogen and oxygen atoms in total. The molecule has 0 saturated carbocycles. The van der Waals surface area contributed by atoms with E-state index in [1.54, 1.807) is 28.4 Å². The number of carbonyl (C=O) groups excluding carboxylic acids is 2. The molecule has 2 aromatic carbocycles. The number of halogens is 1. The third-order valence-corrected chi connectivity index (χ3v) is 8.26. The van der Waals surface area contributed by atoms with E-state index in [9.17, 15) is 29.6 Å². The minimum absolute atomic E-state index is 0.162. The number of carbonyl (C=O) groups is 3. The molecule has 1 saturated heterocycles. The Morgan fingerprint density at radius 2 is 2.00 bits per heavy atom. The van der Waals surface area contributed by atoms with E-state index in [1.807, 2.05) is 24.4 Å². The molecule has 4 rings (SSSR count).